The molecule has 4 aromatic rings. The first-order chi connectivity index (χ1) is 12.5. The lowest BCUT2D eigenvalue weighted by molar-refractivity contribution is 0.102. The normalized spacial score (nSPS) is 11.0. The van der Waals surface area contributed by atoms with Crippen molar-refractivity contribution >= 4 is 17.2 Å². The van der Waals surface area contributed by atoms with Crippen LogP contribution in [0.4, 0.5) is 10.1 Å². The minimum Gasteiger partial charge on any atom is -0.320 e. The second-order valence-electron chi connectivity index (χ2n) is 5.90. The smallest absolute Gasteiger partial charge is 0.276 e. The van der Waals surface area contributed by atoms with E-state index in [1.54, 1.807) is 30.5 Å². The molecule has 8 heteroatoms. The summed E-state index contributed by atoms with van der Waals surface area (Å²) in [5.41, 5.74) is 3.12. The van der Waals surface area contributed by atoms with Crippen molar-refractivity contribution in [2.45, 2.75) is 13.8 Å². The molecule has 0 spiro atoms. The largest absolute Gasteiger partial charge is 0.320 e. The summed E-state index contributed by atoms with van der Waals surface area (Å²) in [5.74, 6) is -0.903. The van der Waals surface area contributed by atoms with E-state index in [-0.39, 0.29) is 5.69 Å². The zero-order valence-corrected chi connectivity index (χ0v) is 14.1. The first-order valence-corrected chi connectivity index (χ1v) is 7.96. The first kappa shape index (κ1) is 15.9. The number of nitrogens with one attached hydrogen (secondary N) is 1. The number of hydrogen-bond acceptors (Lipinski definition) is 4. The zero-order chi connectivity index (χ0) is 18.3. The lowest BCUT2D eigenvalue weighted by atomic mass is 10.2. The lowest BCUT2D eigenvalue weighted by Crippen LogP contribution is -2.15. The molecule has 0 unspecified atom stereocenters. The Morgan fingerprint density at radius 1 is 1.19 bits per heavy atom. The average Bonchev–Trinajstić information content (AvgIpc) is 3.18. The molecule has 1 amide bonds. The molecule has 3 aromatic heterocycles. The van der Waals surface area contributed by atoms with E-state index in [4.69, 9.17) is 0 Å². The quantitative estimate of drug-likeness (QED) is 0.616. The van der Waals surface area contributed by atoms with Gasteiger partial charge in [0.05, 0.1) is 11.9 Å². The van der Waals surface area contributed by atoms with Crippen LogP contribution in [0.3, 0.4) is 0 Å². The highest BCUT2D eigenvalue weighted by molar-refractivity contribution is 6.03. The van der Waals surface area contributed by atoms with Gasteiger partial charge in [-0.05, 0) is 50.2 Å². The van der Waals surface area contributed by atoms with Gasteiger partial charge >= 0.3 is 0 Å². The molecular formula is C18H15FN6O. The van der Waals surface area contributed by atoms with Gasteiger partial charge in [-0.3, -0.25) is 4.79 Å². The number of aromatic nitrogens is 5. The summed E-state index contributed by atoms with van der Waals surface area (Å²) in [6, 6.07) is 9.82. The van der Waals surface area contributed by atoms with Crippen molar-refractivity contribution in [2.24, 2.45) is 0 Å². The van der Waals surface area contributed by atoms with Crippen molar-refractivity contribution in [1.82, 2.24) is 24.4 Å². The van der Waals surface area contributed by atoms with E-state index in [2.05, 4.69) is 20.5 Å². The van der Waals surface area contributed by atoms with Crippen molar-refractivity contribution < 1.29 is 9.18 Å². The minimum atomic E-state index is -0.481. The summed E-state index contributed by atoms with van der Waals surface area (Å²) in [5, 5.41) is 11.0. The molecule has 0 atom stereocenters. The molecule has 0 bridgehead atoms. The molecule has 0 saturated heterocycles. The molecule has 0 fully saturated rings. The Labute approximate surface area is 148 Å². The van der Waals surface area contributed by atoms with Crippen LogP contribution in [-0.2, 0) is 0 Å². The summed E-state index contributed by atoms with van der Waals surface area (Å²) in [6.45, 7) is 3.70. The van der Waals surface area contributed by atoms with Crippen LogP contribution in [0.25, 0.3) is 11.3 Å². The fourth-order valence-corrected chi connectivity index (χ4v) is 2.81. The lowest BCUT2D eigenvalue weighted by Gasteiger charge is -2.09. The number of aryl methyl sites for hydroxylation is 2. The molecule has 3 heterocycles. The highest BCUT2D eigenvalue weighted by Crippen LogP contribution is 2.20. The molecule has 26 heavy (non-hydrogen) atoms. The molecule has 0 aliphatic carbocycles. The van der Waals surface area contributed by atoms with Crippen LogP contribution in [0.2, 0.25) is 0 Å². The number of fused-ring (bicyclic) bond motifs is 1. The summed E-state index contributed by atoms with van der Waals surface area (Å²) in [6.07, 6.45) is 2.99. The van der Waals surface area contributed by atoms with Crippen LogP contribution in [0.15, 0.2) is 48.8 Å². The summed E-state index contributed by atoms with van der Waals surface area (Å²) < 4.78 is 17.5. The van der Waals surface area contributed by atoms with E-state index in [0.717, 1.165) is 11.4 Å². The standard InChI is InChI=1S/C18H15FN6O/c1-11-8-12(2)24(23-11)15-6-5-13(9-14(15)19)22-18(26)16-10-20-17-4-3-7-21-25(16)17/h3-10H,1-2H3,(H,22,26). The van der Waals surface area contributed by atoms with Crippen LogP contribution in [-0.4, -0.2) is 30.3 Å². The number of benzene rings is 1. The van der Waals surface area contributed by atoms with Crippen LogP contribution < -0.4 is 5.32 Å². The third-order valence-corrected chi connectivity index (χ3v) is 3.95. The predicted molar refractivity (Wildman–Crippen MR) is 93.9 cm³/mol. The first-order valence-electron chi connectivity index (χ1n) is 7.96. The second-order valence-corrected chi connectivity index (χ2v) is 5.90. The van der Waals surface area contributed by atoms with E-state index in [0.29, 0.717) is 17.0 Å². The molecule has 130 valence electrons. The Kier molecular flexibility index (Phi) is 3.72. The SMILES string of the molecule is Cc1cc(C)n(-c2ccc(NC(=O)c3cnc4cccnn34)cc2F)n1. The van der Waals surface area contributed by atoms with Crippen LogP contribution in [0.5, 0.6) is 0 Å². The Hall–Kier alpha value is -3.55. The number of nitrogens with zero attached hydrogens (tertiary/aromatic N) is 5. The van der Waals surface area contributed by atoms with Crippen molar-refractivity contribution in [3.05, 3.63) is 71.7 Å². The molecule has 1 N–H and O–H groups in total. The monoisotopic (exact) mass is 350 g/mol. The Morgan fingerprint density at radius 3 is 2.77 bits per heavy atom. The summed E-state index contributed by atoms with van der Waals surface area (Å²) in [4.78, 5) is 16.6. The summed E-state index contributed by atoms with van der Waals surface area (Å²) in [7, 11) is 0. The Bertz CT molecular complexity index is 1130. The van der Waals surface area contributed by atoms with Crippen molar-refractivity contribution in [1.29, 1.82) is 0 Å². The zero-order valence-electron chi connectivity index (χ0n) is 14.1. The van der Waals surface area contributed by atoms with Gasteiger partial charge in [-0.15, -0.1) is 0 Å². The van der Waals surface area contributed by atoms with E-state index in [9.17, 15) is 9.18 Å². The Balaban J connectivity index is 1.62. The van der Waals surface area contributed by atoms with Crippen molar-refractivity contribution in [2.75, 3.05) is 5.32 Å². The van der Waals surface area contributed by atoms with Gasteiger partial charge in [0.25, 0.3) is 5.91 Å². The van der Waals surface area contributed by atoms with Gasteiger partial charge in [0.2, 0.25) is 0 Å². The van der Waals surface area contributed by atoms with Gasteiger partial charge in [0.1, 0.15) is 5.69 Å². The van der Waals surface area contributed by atoms with Crippen LogP contribution in [0, 0.1) is 19.7 Å². The molecule has 1 aromatic carbocycles. The minimum absolute atomic E-state index is 0.267. The summed E-state index contributed by atoms with van der Waals surface area (Å²) >= 11 is 0. The fourth-order valence-electron chi connectivity index (χ4n) is 2.81. The van der Waals surface area contributed by atoms with Crippen LogP contribution >= 0.6 is 0 Å². The Morgan fingerprint density at radius 2 is 2.04 bits per heavy atom. The van der Waals surface area contributed by atoms with Crippen molar-refractivity contribution in [3.63, 3.8) is 0 Å². The number of carbonyl (C=O) groups is 1. The second kappa shape index (κ2) is 6.07. The molecule has 0 aliphatic heterocycles. The number of carbonyl (C=O) groups excluding carboxylic acids is 1. The van der Waals surface area contributed by atoms with Gasteiger partial charge in [0, 0.05) is 17.6 Å². The van der Waals surface area contributed by atoms with E-state index < -0.39 is 11.7 Å². The van der Waals surface area contributed by atoms with Gasteiger partial charge in [0.15, 0.2) is 17.2 Å². The van der Waals surface area contributed by atoms with Gasteiger partial charge in [-0.25, -0.2) is 18.6 Å². The maximum absolute atomic E-state index is 14.5. The topological polar surface area (TPSA) is 77.1 Å². The molecule has 0 radical (unpaired) electrons. The number of imidazole rings is 1. The maximum Gasteiger partial charge on any atom is 0.276 e. The third-order valence-electron chi connectivity index (χ3n) is 3.95. The van der Waals surface area contributed by atoms with Gasteiger partial charge < -0.3 is 5.32 Å². The molecular weight excluding hydrogens is 335 g/mol. The average molecular weight is 350 g/mol. The highest BCUT2D eigenvalue weighted by Gasteiger charge is 2.15. The number of amides is 1. The predicted octanol–water partition coefficient (Wildman–Crippen LogP) is 2.92. The molecule has 0 aliphatic rings. The highest BCUT2D eigenvalue weighted by atomic mass is 19.1. The van der Waals surface area contributed by atoms with E-state index in [1.165, 1.54) is 21.5 Å². The molecule has 0 saturated carbocycles. The van der Waals surface area contributed by atoms with Crippen LogP contribution in [0.1, 0.15) is 21.9 Å². The fraction of sp³-hybridized carbons (Fsp3) is 0.111. The molecule has 7 nitrogen and oxygen atoms in total. The maximum atomic E-state index is 14.5. The molecule has 4 rings (SSSR count). The van der Waals surface area contributed by atoms with Crippen molar-refractivity contribution in [3.8, 4) is 5.69 Å². The van der Waals surface area contributed by atoms with Gasteiger partial charge in [-0.1, -0.05) is 0 Å². The van der Waals surface area contributed by atoms with Gasteiger partial charge in [-0.2, -0.15) is 10.2 Å². The van der Waals surface area contributed by atoms with E-state index in [1.807, 2.05) is 19.9 Å². The number of rotatable bonds is 3. The number of halogens is 1. The van der Waals surface area contributed by atoms with E-state index >= 15 is 0 Å². The number of anilines is 1. The number of hydrogen-bond donors (Lipinski definition) is 1. The third kappa shape index (κ3) is 2.71.